The summed E-state index contributed by atoms with van der Waals surface area (Å²) in [5.41, 5.74) is 2.09. The van der Waals surface area contributed by atoms with E-state index < -0.39 is 0 Å². The first-order valence-electron chi connectivity index (χ1n) is 6.71. The third-order valence-corrected chi connectivity index (χ3v) is 4.16. The fraction of sp³-hybridized carbons (Fsp3) is 0. The fourth-order valence-electron chi connectivity index (χ4n) is 2.63. The van der Waals surface area contributed by atoms with Crippen LogP contribution in [0.5, 0.6) is 5.88 Å². The summed E-state index contributed by atoms with van der Waals surface area (Å²) >= 11 is 3.42. The van der Waals surface area contributed by atoms with Gasteiger partial charge in [0.2, 0.25) is 0 Å². The van der Waals surface area contributed by atoms with Gasteiger partial charge in [-0.25, -0.2) is 0 Å². The van der Waals surface area contributed by atoms with Gasteiger partial charge < -0.3 is 14.5 Å². The molecule has 2 heterocycles. The Morgan fingerprint density at radius 2 is 1.95 bits per heavy atom. The molecule has 0 aliphatic carbocycles. The van der Waals surface area contributed by atoms with Gasteiger partial charge in [-0.15, -0.1) is 0 Å². The third kappa shape index (κ3) is 1.94. The van der Waals surface area contributed by atoms with Gasteiger partial charge in [0.1, 0.15) is 11.3 Å². The lowest BCUT2D eigenvalue weighted by molar-refractivity contribution is 0.457. The number of aromatic hydroxyl groups is 1. The van der Waals surface area contributed by atoms with Crippen molar-refractivity contribution in [2.45, 2.75) is 0 Å². The normalized spacial score (nSPS) is 11.3. The average molecular weight is 355 g/mol. The van der Waals surface area contributed by atoms with E-state index in [-0.39, 0.29) is 11.6 Å². The molecule has 0 saturated heterocycles. The molecule has 3 N–H and O–H groups in total. The number of benzene rings is 2. The maximum absolute atomic E-state index is 10.2. The number of aromatic amines is 1. The second-order valence-corrected chi connectivity index (χ2v) is 5.98. The van der Waals surface area contributed by atoms with E-state index in [1.54, 1.807) is 0 Å². The maximum Gasteiger partial charge on any atom is 0.199 e. The van der Waals surface area contributed by atoms with E-state index in [0.717, 1.165) is 26.3 Å². The second-order valence-electron chi connectivity index (χ2n) is 5.06. The number of nitrogens with one attached hydrogen (secondary N) is 2. The van der Waals surface area contributed by atoms with Crippen LogP contribution in [0.15, 0.2) is 57.4 Å². The minimum absolute atomic E-state index is 0.0291. The number of H-pyrrole nitrogens is 1. The van der Waals surface area contributed by atoms with Crippen molar-refractivity contribution in [2.24, 2.45) is 0 Å². The summed E-state index contributed by atoms with van der Waals surface area (Å²) in [5.74, 6) is 0.399. The van der Waals surface area contributed by atoms with E-state index in [2.05, 4.69) is 20.9 Å². The van der Waals surface area contributed by atoms with Crippen molar-refractivity contribution >= 4 is 43.5 Å². The molecule has 22 heavy (non-hydrogen) atoms. The number of para-hydroxylation sites is 1. The molecular formula is C17H11BrN2O2. The average Bonchev–Trinajstić information content (AvgIpc) is 3.06. The number of aromatic nitrogens is 1. The predicted octanol–water partition coefficient (Wildman–Crippen LogP) is 4.80. The molecule has 0 unspecified atom stereocenters. The van der Waals surface area contributed by atoms with Crippen molar-refractivity contribution in [2.75, 3.05) is 0 Å². The molecule has 4 aromatic rings. The van der Waals surface area contributed by atoms with Crippen LogP contribution in [0.3, 0.4) is 0 Å². The van der Waals surface area contributed by atoms with Gasteiger partial charge in [0.05, 0.1) is 5.56 Å². The summed E-state index contributed by atoms with van der Waals surface area (Å²) in [5, 5.41) is 20.3. The lowest BCUT2D eigenvalue weighted by atomic mass is 10.1. The zero-order chi connectivity index (χ0) is 15.3. The van der Waals surface area contributed by atoms with Gasteiger partial charge in [-0.3, -0.25) is 5.41 Å². The van der Waals surface area contributed by atoms with Crippen molar-refractivity contribution in [1.29, 1.82) is 5.41 Å². The molecule has 0 fully saturated rings. The molecule has 0 aliphatic rings. The highest BCUT2D eigenvalue weighted by Crippen LogP contribution is 2.32. The zero-order valence-corrected chi connectivity index (χ0v) is 12.9. The Kier molecular flexibility index (Phi) is 2.84. The highest BCUT2D eigenvalue weighted by molar-refractivity contribution is 9.10. The number of furan rings is 1. The Morgan fingerprint density at radius 3 is 2.77 bits per heavy atom. The van der Waals surface area contributed by atoms with Gasteiger partial charge in [-0.1, -0.05) is 34.1 Å². The topological polar surface area (TPSA) is 73.0 Å². The standard InChI is InChI=1S/C17H11BrN2O2/c18-10-5-6-12-11(8-10)15(17(21)20-12)16(19)14-7-9-3-1-2-4-13(9)22-14/h1-8,19-21H. The summed E-state index contributed by atoms with van der Waals surface area (Å²) in [6.07, 6.45) is 0. The first-order chi connectivity index (χ1) is 10.6. The Labute approximate surface area is 134 Å². The smallest absolute Gasteiger partial charge is 0.199 e. The highest BCUT2D eigenvalue weighted by Gasteiger charge is 2.19. The first kappa shape index (κ1) is 13.2. The summed E-state index contributed by atoms with van der Waals surface area (Å²) < 4.78 is 6.61. The summed E-state index contributed by atoms with van der Waals surface area (Å²) in [4.78, 5) is 2.89. The minimum Gasteiger partial charge on any atom is -0.494 e. The molecule has 0 atom stereocenters. The van der Waals surface area contributed by atoms with Crippen LogP contribution in [0.1, 0.15) is 11.3 Å². The fourth-order valence-corrected chi connectivity index (χ4v) is 2.99. The maximum atomic E-state index is 10.2. The molecular weight excluding hydrogens is 344 g/mol. The Hall–Kier alpha value is -2.53. The van der Waals surface area contributed by atoms with Gasteiger partial charge in [0.15, 0.2) is 11.6 Å². The SMILES string of the molecule is N=C(c1cc2ccccc2o1)c1c(O)[nH]c2ccc(Br)cc12. The Morgan fingerprint density at radius 1 is 1.14 bits per heavy atom. The molecule has 4 rings (SSSR count). The molecule has 5 heteroatoms. The predicted molar refractivity (Wildman–Crippen MR) is 89.8 cm³/mol. The number of hydrogen-bond donors (Lipinski definition) is 3. The van der Waals surface area contributed by atoms with E-state index in [1.807, 2.05) is 48.5 Å². The van der Waals surface area contributed by atoms with Crippen LogP contribution in [0.2, 0.25) is 0 Å². The van der Waals surface area contributed by atoms with Gasteiger partial charge >= 0.3 is 0 Å². The van der Waals surface area contributed by atoms with Crippen LogP contribution in [0.4, 0.5) is 0 Å². The largest absolute Gasteiger partial charge is 0.494 e. The lowest BCUT2D eigenvalue weighted by Crippen LogP contribution is -1.98. The summed E-state index contributed by atoms with van der Waals surface area (Å²) in [6.45, 7) is 0. The van der Waals surface area contributed by atoms with Crippen molar-refractivity contribution in [3.05, 3.63) is 64.3 Å². The molecule has 0 aliphatic heterocycles. The van der Waals surface area contributed by atoms with E-state index in [0.29, 0.717) is 11.3 Å². The first-order valence-corrected chi connectivity index (χ1v) is 7.51. The molecule has 0 radical (unpaired) electrons. The zero-order valence-electron chi connectivity index (χ0n) is 11.4. The van der Waals surface area contributed by atoms with E-state index >= 15 is 0 Å². The van der Waals surface area contributed by atoms with Crippen LogP contribution in [0.25, 0.3) is 21.9 Å². The molecule has 0 saturated carbocycles. The molecule has 0 spiro atoms. The number of hydrogen-bond acceptors (Lipinski definition) is 3. The summed E-state index contributed by atoms with van der Waals surface area (Å²) in [6, 6.07) is 15.0. The summed E-state index contributed by atoms with van der Waals surface area (Å²) in [7, 11) is 0. The Balaban J connectivity index is 1.92. The lowest BCUT2D eigenvalue weighted by Gasteiger charge is -2.00. The van der Waals surface area contributed by atoms with Gasteiger partial charge in [0.25, 0.3) is 0 Å². The van der Waals surface area contributed by atoms with E-state index in [9.17, 15) is 5.11 Å². The van der Waals surface area contributed by atoms with Crippen molar-refractivity contribution in [1.82, 2.24) is 4.98 Å². The van der Waals surface area contributed by atoms with Crippen LogP contribution in [0, 0.1) is 5.41 Å². The van der Waals surface area contributed by atoms with Crippen LogP contribution >= 0.6 is 15.9 Å². The molecule has 0 bridgehead atoms. The molecule has 4 nitrogen and oxygen atoms in total. The Bertz CT molecular complexity index is 997. The number of rotatable bonds is 2. The molecule has 2 aromatic heterocycles. The quantitative estimate of drug-likeness (QED) is 0.452. The van der Waals surface area contributed by atoms with Crippen molar-refractivity contribution in [3.63, 3.8) is 0 Å². The molecule has 2 aromatic carbocycles. The van der Waals surface area contributed by atoms with Crippen LogP contribution in [-0.4, -0.2) is 15.8 Å². The van der Waals surface area contributed by atoms with Gasteiger partial charge in [-0.2, -0.15) is 0 Å². The van der Waals surface area contributed by atoms with Gasteiger partial charge in [0, 0.05) is 20.8 Å². The molecule has 0 amide bonds. The number of halogens is 1. The van der Waals surface area contributed by atoms with Gasteiger partial charge in [-0.05, 0) is 30.3 Å². The highest BCUT2D eigenvalue weighted by atomic mass is 79.9. The second kappa shape index (κ2) is 4.74. The van der Waals surface area contributed by atoms with Crippen molar-refractivity contribution < 1.29 is 9.52 Å². The molecule has 108 valence electrons. The van der Waals surface area contributed by atoms with Crippen LogP contribution < -0.4 is 0 Å². The van der Waals surface area contributed by atoms with E-state index in [4.69, 9.17) is 9.83 Å². The van der Waals surface area contributed by atoms with Crippen molar-refractivity contribution in [3.8, 4) is 5.88 Å². The number of fused-ring (bicyclic) bond motifs is 2. The van der Waals surface area contributed by atoms with E-state index in [1.165, 1.54) is 0 Å². The third-order valence-electron chi connectivity index (χ3n) is 3.66. The monoisotopic (exact) mass is 354 g/mol. The minimum atomic E-state index is -0.0291. The van der Waals surface area contributed by atoms with Crippen LogP contribution in [-0.2, 0) is 0 Å².